The molecule has 20 heavy (non-hydrogen) atoms. The Morgan fingerprint density at radius 1 is 1.10 bits per heavy atom. The fourth-order valence-electron chi connectivity index (χ4n) is 2.59. The van der Waals surface area contributed by atoms with Crippen molar-refractivity contribution in [3.8, 4) is 11.4 Å². The molecule has 0 atom stereocenters. The highest BCUT2D eigenvalue weighted by Gasteiger charge is 2.13. The van der Waals surface area contributed by atoms with Gasteiger partial charge >= 0.3 is 0 Å². The molecule has 0 saturated carbocycles. The number of imidazole rings is 1. The fraction of sp³-hybridized carbons (Fsp3) is 0.235. The van der Waals surface area contributed by atoms with Crippen LogP contribution in [0, 0.1) is 13.8 Å². The van der Waals surface area contributed by atoms with Gasteiger partial charge in [0, 0.05) is 12.1 Å². The summed E-state index contributed by atoms with van der Waals surface area (Å²) in [6.07, 6.45) is 0. The number of aromatic nitrogens is 2. The summed E-state index contributed by atoms with van der Waals surface area (Å²) in [5.74, 6) is 0.989. The number of rotatable bonds is 2. The van der Waals surface area contributed by atoms with Crippen LogP contribution in [0.2, 0.25) is 0 Å². The Kier molecular flexibility index (Phi) is 2.97. The van der Waals surface area contributed by atoms with Crippen molar-refractivity contribution in [2.24, 2.45) is 0 Å². The maximum atomic E-state index is 6.05. The van der Waals surface area contributed by atoms with Gasteiger partial charge in [0.2, 0.25) is 0 Å². The minimum Gasteiger partial charge on any atom is -0.397 e. The molecular weight excluding hydrogens is 246 g/mol. The minimum atomic E-state index is 0.736. The summed E-state index contributed by atoms with van der Waals surface area (Å²) >= 11 is 0. The molecule has 0 amide bonds. The first-order chi connectivity index (χ1) is 9.61. The van der Waals surface area contributed by atoms with Crippen LogP contribution in [0.1, 0.15) is 18.1 Å². The summed E-state index contributed by atoms with van der Waals surface area (Å²) < 4.78 is 2.22. The van der Waals surface area contributed by atoms with Crippen LogP contribution >= 0.6 is 0 Å². The van der Waals surface area contributed by atoms with E-state index in [4.69, 9.17) is 10.7 Å². The van der Waals surface area contributed by atoms with Crippen LogP contribution in [0.25, 0.3) is 22.4 Å². The number of nitrogen functional groups attached to an aromatic ring is 1. The Balaban J connectivity index is 2.30. The molecule has 0 radical (unpaired) electrons. The van der Waals surface area contributed by atoms with Gasteiger partial charge in [-0.3, -0.25) is 0 Å². The lowest BCUT2D eigenvalue weighted by Gasteiger charge is -2.08. The molecule has 1 heterocycles. The smallest absolute Gasteiger partial charge is 0.141 e. The Morgan fingerprint density at radius 3 is 2.60 bits per heavy atom. The average molecular weight is 265 g/mol. The quantitative estimate of drug-likeness (QED) is 0.714. The highest BCUT2D eigenvalue weighted by atomic mass is 15.1. The number of nitrogens with two attached hydrogens (primary N) is 1. The number of hydrogen-bond acceptors (Lipinski definition) is 2. The molecule has 2 N–H and O–H groups in total. The molecule has 0 aliphatic heterocycles. The van der Waals surface area contributed by atoms with Crippen molar-refractivity contribution in [2.45, 2.75) is 27.3 Å². The SMILES string of the molecule is CCn1c(-c2ccc(C)c(C)c2)nc2c(N)cccc21. The van der Waals surface area contributed by atoms with Crippen LogP contribution in [0.15, 0.2) is 36.4 Å². The zero-order valence-electron chi connectivity index (χ0n) is 12.1. The van der Waals surface area contributed by atoms with Gasteiger partial charge in [-0.2, -0.15) is 0 Å². The van der Waals surface area contributed by atoms with E-state index in [0.29, 0.717) is 0 Å². The summed E-state index contributed by atoms with van der Waals surface area (Å²) in [5, 5.41) is 0. The van der Waals surface area contributed by atoms with E-state index in [1.54, 1.807) is 0 Å². The first kappa shape index (κ1) is 12.7. The third-order valence-corrected chi connectivity index (χ3v) is 3.89. The van der Waals surface area contributed by atoms with E-state index in [1.165, 1.54) is 11.1 Å². The lowest BCUT2D eigenvalue weighted by molar-refractivity contribution is 0.796. The van der Waals surface area contributed by atoms with Crippen molar-refractivity contribution < 1.29 is 0 Å². The highest BCUT2D eigenvalue weighted by Crippen LogP contribution is 2.28. The Bertz CT molecular complexity index is 784. The van der Waals surface area contributed by atoms with Gasteiger partial charge in [0.15, 0.2) is 0 Å². The van der Waals surface area contributed by atoms with Gasteiger partial charge in [-0.1, -0.05) is 18.2 Å². The van der Waals surface area contributed by atoms with Crippen LogP contribution < -0.4 is 5.73 Å². The summed E-state index contributed by atoms with van der Waals surface area (Å²) in [6, 6.07) is 12.4. The highest BCUT2D eigenvalue weighted by molar-refractivity contribution is 5.90. The maximum absolute atomic E-state index is 6.05. The van der Waals surface area contributed by atoms with Crippen molar-refractivity contribution >= 4 is 16.7 Å². The molecule has 0 fully saturated rings. The normalized spacial score (nSPS) is 11.2. The number of anilines is 1. The van der Waals surface area contributed by atoms with E-state index < -0.39 is 0 Å². The van der Waals surface area contributed by atoms with Gasteiger partial charge in [-0.05, 0) is 50.1 Å². The molecule has 3 nitrogen and oxygen atoms in total. The largest absolute Gasteiger partial charge is 0.397 e. The van der Waals surface area contributed by atoms with Crippen molar-refractivity contribution in [3.63, 3.8) is 0 Å². The van der Waals surface area contributed by atoms with Crippen molar-refractivity contribution in [1.82, 2.24) is 9.55 Å². The van der Waals surface area contributed by atoms with Gasteiger partial charge in [0.05, 0.1) is 11.2 Å². The van der Waals surface area contributed by atoms with E-state index in [9.17, 15) is 0 Å². The second-order valence-corrected chi connectivity index (χ2v) is 5.19. The van der Waals surface area contributed by atoms with Crippen LogP contribution in [0.5, 0.6) is 0 Å². The molecular formula is C17H19N3. The molecule has 3 rings (SSSR count). The number of aryl methyl sites for hydroxylation is 3. The molecule has 2 aromatic carbocycles. The van der Waals surface area contributed by atoms with E-state index in [-0.39, 0.29) is 0 Å². The molecule has 102 valence electrons. The summed E-state index contributed by atoms with van der Waals surface area (Å²) in [6.45, 7) is 7.27. The van der Waals surface area contributed by atoms with Crippen molar-refractivity contribution in [1.29, 1.82) is 0 Å². The van der Waals surface area contributed by atoms with E-state index >= 15 is 0 Å². The predicted octanol–water partition coefficient (Wildman–Crippen LogP) is 3.92. The van der Waals surface area contributed by atoms with Gasteiger partial charge in [-0.15, -0.1) is 0 Å². The van der Waals surface area contributed by atoms with Crippen molar-refractivity contribution in [3.05, 3.63) is 47.5 Å². The Morgan fingerprint density at radius 2 is 1.90 bits per heavy atom. The number of para-hydroxylation sites is 1. The van der Waals surface area contributed by atoms with Crippen LogP contribution in [0.3, 0.4) is 0 Å². The molecule has 0 aliphatic rings. The molecule has 0 bridgehead atoms. The lowest BCUT2D eigenvalue weighted by Crippen LogP contribution is -1.98. The third-order valence-electron chi connectivity index (χ3n) is 3.89. The second kappa shape index (κ2) is 4.67. The van der Waals surface area contributed by atoms with Gasteiger partial charge in [-0.25, -0.2) is 4.98 Å². The van der Waals surface area contributed by atoms with Crippen LogP contribution in [-0.2, 0) is 6.54 Å². The molecule has 0 saturated heterocycles. The fourth-order valence-corrected chi connectivity index (χ4v) is 2.59. The van der Waals surface area contributed by atoms with Gasteiger partial charge in [0.25, 0.3) is 0 Å². The molecule has 3 heteroatoms. The number of hydrogen-bond donors (Lipinski definition) is 1. The van der Waals surface area contributed by atoms with Gasteiger partial charge < -0.3 is 10.3 Å². The summed E-state index contributed by atoms with van der Waals surface area (Å²) in [5.41, 5.74) is 12.5. The predicted molar refractivity (Wildman–Crippen MR) is 84.7 cm³/mol. The van der Waals surface area contributed by atoms with Crippen LogP contribution in [-0.4, -0.2) is 9.55 Å². The topological polar surface area (TPSA) is 43.8 Å². The maximum Gasteiger partial charge on any atom is 0.141 e. The standard InChI is InChI=1S/C17H19N3/c1-4-20-15-7-5-6-14(18)16(15)19-17(20)13-9-8-11(2)12(3)10-13/h5-10H,4,18H2,1-3H3. The molecule has 0 aliphatic carbocycles. The molecule has 3 aromatic rings. The number of fused-ring (bicyclic) bond motifs is 1. The van der Waals surface area contributed by atoms with Crippen molar-refractivity contribution in [2.75, 3.05) is 5.73 Å². The second-order valence-electron chi connectivity index (χ2n) is 5.19. The van der Waals surface area contributed by atoms with E-state index in [2.05, 4.69) is 49.6 Å². The molecule has 0 spiro atoms. The Hall–Kier alpha value is -2.29. The molecule has 1 aromatic heterocycles. The number of nitrogens with zero attached hydrogens (tertiary/aromatic N) is 2. The van der Waals surface area contributed by atoms with E-state index in [0.717, 1.165) is 34.7 Å². The summed E-state index contributed by atoms with van der Waals surface area (Å²) in [7, 11) is 0. The zero-order valence-corrected chi connectivity index (χ0v) is 12.1. The van der Waals surface area contributed by atoms with Crippen LogP contribution in [0.4, 0.5) is 5.69 Å². The minimum absolute atomic E-state index is 0.736. The van der Waals surface area contributed by atoms with Gasteiger partial charge in [0.1, 0.15) is 11.3 Å². The first-order valence-corrected chi connectivity index (χ1v) is 6.94. The average Bonchev–Trinajstić information content (AvgIpc) is 2.82. The third kappa shape index (κ3) is 1.86. The van der Waals surface area contributed by atoms with E-state index in [1.807, 2.05) is 12.1 Å². The number of benzene rings is 2. The zero-order chi connectivity index (χ0) is 14.3. The Labute approximate surface area is 119 Å². The molecule has 0 unspecified atom stereocenters. The lowest BCUT2D eigenvalue weighted by atomic mass is 10.1. The monoisotopic (exact) mass is 265 g/mol. The first-order valence-electron chi connectivity index (χ1n) is 6.94. The summed E-state index contributed by atoms with van der Waals surface area (Å²) in [4.78, 5) is 4.76.